The fourth-order valence-corrected chi connectivity index (χ4v) is 2.49. The second-order valence-corrected chi connectivity index (χ2v) is 6.52. The number of hydrogen-bond acceptors (Lipinski definition) is 4. The van der Waals surface area contributed by atoms with Crippen molar-refractivity contribution in [1.82, 2.24) is 9.97 Å². The zero-order valence-corrected chi connectivity index (χ0v) is 15.6. The lowest BCUT2D eigenvalue weighted by molar-refractivity contribution is -0.113. The fourth-order valence-electron chi connectivity index (χ4n) is 2.49. The minimum absolute atomic E-state index is 0.0168. The van der Waals surface area contributed by atoms with Gasteiger partial charge in [0.25, 0.3) is 11.8 Å². The van der Waals surface area contributed by atoms with Gasteiger partial charge in [0.15, 0.2) is 0 Å². The number of phenols is 1. The molecule has 0 spiro atoms. The molecule has 142 valence electrons. The van der Waals surface area contributed by atoms with E-state index < -0.39 is 0 Å². The summed E-state index contributed by atoms with van der Waals surface area (Å²) in [4.78, 5) is 31.2. The molecule has 0 aliphatic carbocycles. The van der Waals surface area contributed by atoms with E-state index >= 15 is 0 Å². The first-order valence-corrected chi connectivity index (χ1v) is 8.51. The van der Waals surface area contributed by atoms with Crippen LogP contribution in [0, 0.1) is 0 Å². The van der Waals surface area contributed by atoms with Gasteiger partial charge in [0.2, 0.25) is 0 Å². The van der Waals surface area contributed by atoms with E-state index in [-0.39, 0.29) is 17.6 Å². The van der Waals surface area contributed by atoms with Crippen molar-refractivity contribution in [3.63, 3.8) is 0 Å². The number of benzene rings is 2. The predicted molar refractivity (Wildman–Crippen MR) is 110 cm³/mol. The SMILES string of the molecule is C=C(C)C(=O)Nc1ccc(O)c(-c2nc3ccc(NC(=O)C(=C)C)cc3[nH]2)c1. The first-order chi connectivity index (χ1) is 13.2. The molecular formula is C21H20N4O3. The van der Waals surface area contributed by atoms with Crippen molar-refractivity contribution in [3.8, 4) is 17.1 Å². The highest BCUT2D eigenvalue weighted by Crippen LogP contribution is 2.32. The summed E-state index contributed by atoms with van der Waals surface area (Å²) in [6.45, 7) is 10.5. The normalized spacial score (nSPS) is 10.5. The average molecular weight is 376 g/mol. The summed E-state index contributed by atoms with van der Waals surface area (Å²) in [5, 5.41) is 15.7. The van der Waals surface area contributed by atoms with Crippen molar-refractivity contribution in [2.45, 2.75) is 13.8 Å². The van der Waals surface area contributed by atoms with Crippen LogP contribution in [-0.2, 0) is 9.59 Å². The summed E-state index contributed by atoms with van der Waals surface area (Å²) in [5.41, 5.74) is 3.68. The number of hydrogen-bond donors (Lipinski definition) is 4. The molecule has 0 unspecified atom stereocenters. The van der Waals surface area contributed by atoms with E-state index in [4.69, 9.17) is 0 Å². The van der Waals surface area contributed by atoms with Crippen molar-refractivity contribution in [1.29, 1.82) is 0 Å². The van der Waals surface area contributed by atoms with E-state index in [1.165, 1.54) is 6.07 Å². The van der Waals surface area contributed by atoms with Crippen LogP contribution >= 0.6 is 0 Å². The quantitative estimate of drug-likeness (QED) is 0.399. The molecule has 7 heteroatoms. The third-order valence-corrected chi connectivity index (χ3v) is 4.02. The highest BCUT2D eigenvalue weighted by atomic mass is 16.3. The van der Waals surface area contributed by atoms with Crippen LogP contribution in [0.3, 0.4) is 0 Å². The van der Waals surface area contributed by atoms with Crippen molar-refractivity contribution in [2.75, 3.05) is 10.6 Å². The minimum atomic E-state index is -0.306. The lowest BCUT2D eigenvalue weighted by Crippen LogP contribution is -2.11. The molecule has 0 aliphatic heterocycles. The van der Waals surface area contributed by atoms with Gasteiger partial charge in [0, 0.05) is 22.5 Å². The van der Waals surface area contributed by atoms with Gasteiger partial charge >= 0.3 is 0 Å². The van der Waals surface area contributed by atoms with Gasteiger partial charge in [-0.25, -0.2) is 4.98 Å². The molecule has 0 radical (unpaired) electrons. The number of aromatic hydroxyl groups is 1. The van der Waals surface area contributed by atoms with Crippen molar-refractivity contribution >= 4 is 34.2 Å². The first-order valence-electron chi connectivity index (χ1n) is 8.51. The van der Waals surface area contributed by atoms with Crippen molar-refractivity contribution in [3.05, 3.63) is 60.7 Å². The monoisotopic (exact) mass is 376 g/mol. The third kappa shape index (κ3) is 3.93. The molecule has 0 bridgehead atoms. The highest BCUT2D eigenvalue weighted by molar-refractivity contribution is 6.04. The highest BCUT2D eigenvalue weighted by Gasteiger charge is 2.13. The number of fused-ring (bicyclic) bond motifs is 1. The number of carbonyl (C=O) groups is 2. The zero-order valence-electron chi connectivity index (χ0n) is 15.6. The molecule has 0 saturated heterocycles. The zero-order chi connectivity index (χ0) is 20.4. The van der Waals surface area contributed by atoms with Crippen LogP contribution in [0.25, 0.3) is 22.4 Å². The lowest BCUT2D eigenvalue weighted by Gasteiger charge is -2.07. The van der Waals surface area contributed by atoms with Crippen LogP contribution in [0.1, 0.15) is 13.8 Å². The average Bonchev–Trinajstić information content (AvgIpc) is 3.06. The first kappa shape index (κ1) is 18.9. The van der Waals surface area contributed by atoms with Gasteiger partial charge in [-0.3, -0.25) is 9.59 Å². The maximum atomic E-state index is 11.8. The van der Waals surface area contributed by atoms with Crippen LogP contribution in [0.15, 0.2) is 60.7 Å². The van der Waals surface area contributed by atoms with E-state index in [0.717, 1.165) is 0 Å². The Morgan fingerprint density at radius 3 is 2.14 bits per heavy atom. The Kier molecular flexibility index (Phi) is 5.00. The Hall–Kier alpha value is -3.87. The van der Waals surface area contributed by atoms with Crippen LogP contribution < -0.4 is 10.6 Å². The summed E-state index contributed by atoms with van der Waals surface area (Å²) in [6, 6.07) is 9.93. The van der Waals surface area contributed by atoms with Crippen LogP contribution in [0.4, 0.5) is 11.4 Å². The van der Waals surface area contributed by atoms with Gasteiger partial charge in [0.05, 0.1) is 16.6 Å². The number of nitrogens with zero attached hydrogens (tertiary/aromatic N) is 1. The summed E-state index contributed by atoms with van der Waals surface area (Å²) in [7, 11) is 0. The summed E-state index contributed by atoms with van der Waals surface area (Å²) < 4.78 is 0. The van der Waals surface area contributed by atoms with E-state index in [9.17, 15) is 14.7 Å². The second kappa shape index (κ2) is 7.40. The summed E-state index contributed by atoms with van der Waals surface area (Å²) in [6.07, 6.45) is 0. The molecular weight excluding hydrogens is 356 g/mol. The Morgan fingerprint density at radius 2 is 1.54 bits per heavy atom. The van der Waals surface area contributed by atoms with E-state index in [1.54, 1.807) is 44.2 Å². The standard InChI is InChI=1S/C21H20N4O3/c1-11(2)20(27)22-13-6-8-18(26)15(9-13)19-24-16-7-5-14(10-17(16)25-19)23-21(28)12(3)4/h5-10,26H,1,3H2,2,4H3,(H,22,27)(H,23,28)(H,24,25). The number of phenolic OH excluding ortho intramolecular Hbond substituents is 1. The van der Waals surface area contributed by atoms with E-state index in [1.807, 2.05) is 0 Å². The van der Waals surface area contributed by atoms with Gasteiger partial charge in [-0.1, -0.05) is 13.2 Å². The van der Waals surface area contributed by atoms with Crippen molar-refractivity contribution in [2.24, 2.45) is 0 Å². The number of carbonyl (C=O) groups excluding carboxylic acids is 2. The van der Waals surface area contributed by atoms with Gasteiger partial charge in [-0.05, 0) is 50.2 Å². The number of imidazole rings is 1. The smallest absolute Gasteiger partial charge is 0.250 e. The molecule has 0 saturated carbocycles. The van der Waals surface area contributed by atoms with Crippen LogP contribution in [0.2, 0.25) is 0 Å². The van der Waals surface area contributed by atoms with Crippen LogP contribution in [-0.4, -0.2) is 26.9 Å². The molecule has 4 N–H and O–H groups in total. The minimum Gasteiger partial charge on any atom is -0.507 e. The molecule has 1 heterocycles. The largest absolute Gasteiger partial charge is 0.507 e. The van der Waals surface area contributed by atoms with Crippen molar-refractivity contribution < 1.29 is 14.7 Å². The Labute approximate surface area is 161 Å². The summed E-state index contributed by atoms with van der Waals surface area (Å²) >= 11 is 0. The molecule has 3 aromatic rings. The maximum Gasteiger partial charge on any atom is 0.250 e. The number of aromatic nitrogens is 2. The molecule has 2 amide bonds. The third-order valence-electron chi connectivity index (χ3n) is 4.02. The number of anilines is 2. The number of rotatable bonds is 5. The number of H-pyrrole nitrogens is 1. The predicted octanol–water partition coefficient (Wildman–Crippen LogP) is 3.96. The fraction of sp³-hybridized carbons (Fsp3) is 0.0952. The molecule has 0 aliphatic rings. The molecule has 0 fully saturated rings. The number of nitrogens with one attached hydrogen (secondary N) is 3. The number of amides is 2. The van der Waals surface area contributed by atoms with E-state index in [2.05, 4.69) is 33.8 Å². The van der Waals surface area contributed by atoms with Gasteiger partial charge in [0.1, 0.15) is 11.6 Å². The van der Waals surface area contributed by atoms with Crippen LogP contribution in [0.5, 0.6) is 5.75 Å². The Balaban J connectivity index is 1.95. The molecule has 0 atom stereocenters. The van der Waals surface area contributed by atoms with E-state index in [0.29, 0.717) is 44.9 Å². The molecule has 7 nitrogen and oxygen atoms in total. The topological polar surface area (TPSA) is 107 Å². The van der Waals surface area contributed by atoms with Gasteiger partial charge in [-0.15, -0.1) is 0 Å². The number of aromatic amines is 1. The van der Waals surface area contributed by atoms with Gasteiger partial charge < -0.3 is 20.7 Å². The van der Waals surface area contributed by atoms with Gasteiger partial charge in [-0.2, -0.15) is 0 Å². The molecule has 28 heavy (non-hydrogen) atoms. The molecule has 2 aromatic carbocycles. The Morgan fingerprint density at radius 1 is 0.964 bits per heavy atom. The lowest BCUT2D eigenvalue weighted by atomic mass is 10.1. The molecule has 1 aromatic heterocycles. The summed E-state index contributed by atoms with van der Waals surface area (Å²) in [5.74, 6) is -0.123. The molecule has 3 rings (SSSR count). The Bertz CT molecular complexity index is 1130. The second-order valence-electron chi connectivity index (χ2n) is 6.52. The maximum absolute atomic E-state index is 11.8.